The average molecular weight is 261 g/mol. The van der Waals surface area contributed by atoms with Gasteiger partial charge in [-0.3, -0.25) is 0 Å². The van der Waals surface area contributed by atoms with Gasteiger partial charge in [0.25, 0.3) is 0 Å². The highest BCUT2D eigenvalue weighted by atomic mass is 32.1. The number of likely N-dealkylation sites (N-methyl/N-ethyl adjacent to an activating group) is 1. The predicted molar refractivity (Wildman–Crippen MR) is 78.3 cm³/mol. The number of anilines is 1. The molecule has 0 fully saturated rings. The van der Waals surface area contributed by atoms with E-state index in [0.717, 1.165) is 30.3 Å². The normalized spacial score (nSPS) is 10.6. The second-order valence-corrected chi connectivity index (χ2v) is 5.15. The maximum atomic E-state index is 4.59. The monoisotopic (exact) mass is 261 g/mol. The lowest BCUT2D eigenvalue weighted by molar-refractivity contribution is 0.791. The van der Waals surface area contributed by atoms with Crippen LogP contribution in [0.25, 0.3) is 0 Å². The van der Waals surface area contributed by atoms with E-state index in [4.69, 9.17) is 0 Å². The van der Waals surface area contributed by atoms with Crippen molar-refractivity contribution in [1.29, 1.82) is 0 Å². The molecule has 0 saturated heterocycles. The Morgan fingerprint density at radius 2 is 2.06 bits per heavy atom. The molecule has 3 nitrogen and oxygen atoms in total. The van der Waals surface area contributed by atoms with Crippen LogP contribution in [0.5, 0.6) is 0 Å². The van der Waals surface area contributed by atoms with Gasteiger partial charge in [-0.25, -0.2) is 4.98 Å². The van der Waals surface area contributed by atoms with Crippen molar-refractivity contribution < 1.29 is 0 Å². The van der Waals surface area contributed by atoms with Crippen molar-refractivity contribution in [3.8, 4) is 0 Å². The molecule has 2 rings (SSSR count). The van der Waals surface area contributed by atoms with Crippen LogP contribution < -0.4 is 10.2 Å². The third-order valence-corrected chi connectivity index (χ3v) is 3.81. The Labute approximate surface area is 112 Å². The van der Waals surface area contributed by atoms with E-state index in [0.29, 0.717) is 0 Å². The van der Waals surface area contributed by atoms with E-state index < -0.39 is 0 Å². The lowest BCUT2D eigenvalue weighted by atomic mass is 10.1. The van der Waals surface area contributed by atoms with Crippen LogP contribution in [0.4, 0.5) is 5.13 Å². The number of benzene rings is 1. The molecular weight excluding hydrogens is 242 g/mol. The van der Waals surface area contributed by atoms with Crippen molar-refractivity contribution in [2.24, 2.45) is 0 Å². The Bertz CT molecular complexity index is 467. The van der Waals surface area contributed by atoms with Crippen molar-refractivity contribution in [1.82, 2.24) is 10.3 Å². The van der Waals surface area contributed by atoms with Gasteiger partial charge in [0, 0.05) is 25.5 Å². The zero-order chi connectivity index (χ0) is 12.8. The first-order valence-electron chi connectivity index (χ1n) is 6.13. The van der Waals surface area contributed by atoms with Gasteiger partial charge in [0.2, 0.25) is 0 Å². The molecule has 0 saturated carbocycles. The number of aromatic nitrogens is 1. The molecule has 0 amide bonds. The van der Waals surface area contributed by atoms with Crippen molar-refractivity contribution in [2.45, 2.75) is 13.0 Å². The van der Waals surface area contributed by atoms with E-state index in [1.165, 1.54) is 5.56 Å². The first-order chi connectivity index (χ1) is 8.79. The highest BCUT2D eigenvalue weighted by molar-refractivity contribution is 7.13. The third kappa shape index (κ3) is 3.55. The lowest BCUT2D eigenvalue weighted by Gasteiger charge is -2.15. The van der Waals surface area contributed by atoms with E-state index >= 15 is 0 Å². The first kappa shape index (κ1) is 13.1. The summed E-state index contributed by atoms with van der Waals surface area (Å²) in [5.41, 5.74) is 2.49. The molecule has 96 valence electrons. The molecule has 0 aliphatic rings. The van der Waals surface area contributed by atoms with Crippen molar-refractivity contribution in [3.63, 3.8) is 0 Å². The Hall–Kier alpha value is -1.39. The summed E-state index contributed by atoms with van der Waals surface area (Å²) in [4.78, 5) is 6.81. The van der Waals surface area contributed by atoms with Crippen molar-refractivity contribution in [3.05, 3.63) is 47.0 Å². The molecule has 0 bridgehead atoms. The van der Waals surface area contributed by atoms with Gasteiger partial charge >= 0.3 is 0 Å². The highest BCUT2D eigenvalue weighted by Gasteiger charge is 2.06. The molecule has 1 aromatic heterocycles. The summed E-state index contributed by atoms with van der Waals surface area (Å²) in [6, 6.07) is 10.6. The summed E-state index contributed by atoms with van der Waals surface area (Å²) < 4.78 is 0. The third-order valence-electron chi connectivity index (χ3n) is 2.80. The van der Waals surface area contributed by atoms with Gasteiger partial charge in [0.1, 0.15) is 0 Å². The van der Waals surface area contributed by atoms with Crippen molar-refractivity contribution >= 4 is 16.5 Å². The van der Waals surface area contributed by atoms with E-state index in [1.54, 1.807) is 11.3 Å². The fraction of sp³-hybridized carbons (Fsp3) is 0.357. The number of nitrogens with one attached hydrogen (secondary N) is 1. The Kier molecular flexibility index (Phi) is 4.73. The summed E-state index contributed by atoms with van der Waals surface area (Å²) in [5.74, 6) is 0. The molecule has 0 aliphatic carbocycles. The van der Waals surface area contributed by atoms with Gasteiger partial charge in [-0.2, -0.15) is 0 Å². The maximum absolute atomic E-state index is 4.59. The zero-order valence-corrected chi connectivity index (χ0v) is 11.7. The van der Waals surface area contributed by atoms with Crippen LogP contribution in [0.1, 0.15) is 11.3 Å². The fourth-order valence-corrected chi connectivity index (χ4v) is 2.59. The molecule has 0 aliphatic heterocycles. The average Bonchev–Trinajstić information content (AvgIpc) is 2.86. The van der Waals surface area contributed by atoms with Gasteiger partial charge in [-0.15, -0.1) is 11.3 Å². The van der Waals surface area contributed by atoms with E-state index in [1.807, 2.05) is 7.05 Å². The van der Waals surface area contributed by atoms with Gasteiger partial charge in [-0.1, -0.05) is 30.3 Å². The minimum atomic E-state index is 0.836. The first-order valence-corrected chi connectivity index (χ1v) is 7.01. The minimum Gasteiger partial charge on any atom is -0.351 e. The Morgan fingerprint density at radius 1 is 1.28 bits per heavy atom. The van der Waals surface area contributed by atoms with Crippen LogP contribution in [-0.4, -0.2) is 25.6 Å². The van der Waals surface area contributed by atoms with Gasteiger partial charge in [-0.05, 0) is 19.0 Å². The lowest BCUT2D eigenvalue weighted by Crippen LogP contribution is -2.20. The summed E-state index contributed by atoms with van der Waals surface area (Å²) in [5, 5.41) is 6.33. The van der Waals surface area contributed by atoms with Crippen LogP contribution in [0.2, 0.25) is 0 Å². The SMILES string of the molecule is CNCc1csc(N(C)CCc2ccccc2)n1. The molecule has 0 radical (unpaired) electrons. The molecule has 4 heteroatoms. The van der Waals surface area contributed by atoms with Gasteiger partial charge < -0.3 is 10.2 Å². The van der Waals surface area contributed by atoms with E-state index in [9.17, 15) is 0 Å². The number of hydrogen-bond donors (Lipinski definition) is 1. The molecule has 1 N–H and O–H groups in total. The number of rotatable bonds is 6. The number of thiazole rings is 1. The molecule has 18 heavy (non-hydrogen) atoms. The van der Waals surface area contributed by atoms with Crippen LogP contribution in [0, 0.1) is 0 Å². The highest BCUT2D eigenvalue weighted by Crippen LogP contribution is 2.19. The number of nitrogens with zero attached hydrogens (tertiary/aromatic N) is 2. The molecule has 0 spiro atoms. The Balaban J connectivity index is 1.89. The van der Waals surface area contributed by atoms with Crippen LogP contribution in [0.15, 0.2) is 35.7 Å². The standard InChI is InChI=1S/C14H19N3S/c1-15-10-13-11-18-14(16-13)17(2)9-8-12-6-4-3-5-7-12/h3-7,11,15H,8-10H2,1-2H3. The molecule has 1 aromatic carbocycles. The Morgan fingerprint density at radius 3 is 2.78 bits per heavy atom. The summed E-state index contributed by atoms with van der Waals surface area (Å²) in [6.45, 7) is 1.83. The number of hydrogen-bond acceptors (Lipinski definition) is 4. The van der Waals surface area contributed by atoms with E-state index in [2.05, 4.69) is 58.0 Å². The quantitative estimate of drug-likeness (QED) is 0.866. The van der Waals surface area contributed by atoms with E-state index in [-0.39, 0.29) is 0 Å². The fourth-order valence-electron chi connectivity index (χ4n) is 1.77. The topological polar surface area (TPSA) is 28.2 Å². The summed E-state index contributed by atoms with van der Waals surface area (Å²) >= 11 is 1.71. The smallest absolute Gasteiger partial charge is 0.185 e. The molecule has 0 unspecified atom stereocenters. The summed E-state index contributed by atoms with van der Waals surface area (Å²) in [6.07, 6.45) is 1.05. The van der Waals surface area contributed by atoms with Gasteiger partial charge in [0.05, 0.1) is 5.69 Å². The predicted octanol–water partition coefficient (Wildman–Crippen LogP) is 2.54. The van der Waals surface area contributed by atoms with Crippen LogP contribution in [0.3, 0.4) is 0 Å². The molecule has 1 heterocycles. The van der Waals surface area contributed by atoms with Crippen molar-refractivity contribution in [2.75, 3.05) is 25.5 Å². The largest absolute Gasteiger partial charge is 0.351 e. The molecular formula is C14H19N3S. The second-order valence-electron chi connectivity index (χ2n) is 4.31. The van der Waals surface area contributed by atoms with Crippen LogP contribution >= 0.6 is 11.3 Å². The molecule has 0 atom stereocenters. The van der Waals surface area contributed by atoms with Gasteiger partial charge in [0.15, 0.2) is 5.13 Å². The summed E-state index contributed by atoms with van der Waals surface area (Å²) in [7, 11) is 4.04. The maximum Gasteiger partial charge on any atom is 0.185 e. The minimum absolute atomic E-state index is 0.836. The molecule has 2 aromatic rings. The second kappa shape index (κ2) is 6.52. The zero-order valence-electron chi connectivity index (χ0n) is 10.9. The van der Waals surface area contributed by atoms with Crippen LogP contribution in [-0.2, 0) is 13.0 Å².